The lowest BCUT2D eigenvalue weighted by atomic mass is 9.98. The normalized spacial score (nSPS) is 27.6. The summed E-state index contributed by atoms with van der Waals surface area (Å²) in [7, 11) is 0. The van der Waals surface area contributed by atoms with E-state index in [1.165, 1.54) is 25.0 Å². The molecule has 0 aromatic carbocycles. The summed E-state index contributed by atoms with van der Waals surface area (Å²) < 4.78 is 0. The second-order valence-electron chi connectivity index (χ2n) is 5.26. The average molecular weight is 273 g/mol. The fourth-order valence-electron chi connectivity index (χ4n) is 2.54. The Balaban J connectivity index is 2.37. The van der Waals surface area contributed by atoms with Crippen LogP contribution < -0.4 is 5.32 Å². The molecule has 0 radical (unpaired) electrons. The van der Waals surface area contributed by atoms with Crippen LogP contribution in [0.1, 0.15) is 58.8 Å². The van der Waals surface area contributed by atoms with Gasteiger partial charge in [0.2, 0.25) is 0 Å². The van der Waals surface area contributed by atoms with Crippen LogP contribution in [-0.4, -0.2) is 34.2 Å². The molecule has 0 bridgehead atoms. The van der Waals surface area contributed by atoms with Crippen LogP contribution in [0.15, 0.2) is 0 Å². The van der Waals surface area contributed by atoms with Crippen molar-refractivity contribution in [2.45, 2.75) is 69.6 Å². The van der Waals surface area contributed by atoms with E-state index in [4.69, 9.17) is 0 Å². The average Bonchev–Trinajstić information content (AvgIpc) is 2.77. The molecular weight excluding hydrogens is 246 g/mol. The van der Waals surface area contributed by atoms with Crippen molar-refractivity contribution >= 4 is 17.7 Å². The van der Waals surface area contributed by atoms with E-state index in [1.54, 1.807) is 0 Å². The van der Waals surface area contributed by atoms with Gasteiger partial charge in [0.15, 0.2) is 0 Å². The predicted molar refractivity (Wildman–Crippen MR) is 78.3 cm³/mol. The van der Waals surface area contributed by atoms with E-state index in [9.17, 15) is 9.90 Å². The Morgan fingerprint density at radius 3 is 2.78 bits per heavy atom. The number of carbonyl (C=O) groups is 1. The summed E-state index contributed by atoms with van der Waals surface area (Å²) in [6.07, 6.45) is 7.41. The Hall–Kier alpha value is -0.220. The van der Waals surface area contributed by atoms with Gasteiger partial charge >= 0.3 is 5.97 Å². The summed E-state index contributed by atoms with van der Waals surface area (Å²) >= 11 is 1.97. The molecule has 0 spiro atoms. The standard InChI is InChI=1S/C14H27NO2S/c1-3-5-6-10-18-12-7-8-14(11-12,13(16)17)15-9-4-2/h12,15H,3-11H2,1-2H3,(H,16,17). The van der Waals surface area contributed by atoms with E-state index >= 15 is 0 Å². The molecular formula is C14H27NO2S. The highest BCUT2D eigenvalue weighted by Gasteiger charge is 2.44. The Bertz CT molecular complexity index is 260. The number of carboxylic acid groups (broad SMARTS) is 1. The fourth-order valence-corrected chi connectivity index (χ4v) is 3.93. The molecule has 0 aliphatic heterocycles. The molecule has 2 atom stereocenters. The molecule has 3 nitrogen and oxygen atoms in total. The van der Waals surface area contributed by atoms with Crippen LogP contribution >= 0.6 is 11.8 Å². The maximum atomic E-state index is 11.5. The molecule has 2 N–H and O–H groups in total. The molecule has 0 heterocycles. The first-order chi connectivity index (χ1) is 8.64. The number of thioether (sulfide) groups is 1. The van der Waals surface area contributed by atoms with Crippen LogP contribution in [0.5, 0.6) is 0 Å². The number of carboxylic acids is 1. The number of hydrogen-bond acceptors (Lipinski definition) is 3. The largest absolute Gasteiger partial charge is 0.480 e. The van der Waals surface area contributed by atoms with Crippen molar-refractivity contribution in [3.8, 4) is 0 Å². The Labute approximate surface area is 115 Å². The molecule has 2 unspecified atom stereocenters. The van der Waals surface area contributed by atoms with Crippen molar-refractivity contribution in [2.75, 3.05) is 12.3 Å². The molecule has 1 aliphatic rings. The highest BCUT2D eigenvalue weighted by molar-refractivity contribution is 7.99. The molecule has 0 aromatic heterocycles. The molecule has 1 saturated carbocycles. The van der Waals surface area contributed by atoms with Gasteiger partial charge in [-0.15, -0.1) is 0 Å². The van der Waals surface area contributed by atoms with Gasteiger partial charge in [-0.3, -0.25) is 4.79 Å². The smallest absolute Gasteiger partial charge is 0.323 e. The van der Waals surface area contributed by atoms with Crippen molar-refractivity contribution < 1.29 is 9.90 Å². The van der Waals surface area contributed by atoms with Crippen LogP contribution in [0.25, 0.3) is 0 Å². The molecule has 0 aromatic rings. The topological polar surface area (TPSA) is 49.3 Å². The SMILES string of the molecule is CCCCCSC1CCC(NCCC)(C(=O)O)C1. The van der Waals surface area contributed by atoms with Crippen molar-refractivity contribution in [2.24, 2.45) is 0 Å². The molecule has 4 heteroatoms. The van der Waals surface area contributed by atoms with Crippen molar-refractivity contribution in [3.63, 3.8) is 0 Å². The van der Waals surface area contributed by atoms with E-state index in [2.05, 4.69) is 19.2 Å². The minimum atomic E-state index is -0.660. The zero-order chi connectivity index (χ0) is 13.4. The van der Waals surface area contributed by atoms with Crippen molar-refractivity contribution in [1.82, 2.24) is 5.32 Å². The Kier molecular flexibility index (Phi) is 7.08. The molecule has 18 heavy (non-hydrogen) atoms. The first kappa shape index (κ1) is 15.8. The quantitative estimate of drug-likeness (QED) is 0.633. The third-order valence-electron chi connectivity index (χ3n) is 3.69. The number of aliphatic carboxylic acids is 1. The first-order valence-corrected chi connectivity index (χ1v) is 8.29. The van der Waals surface area contributed by atoms with E-state index < -0.39 is 11.5 Å². The van der Waals surface area contributed by atoms with Gasteiger partial charge in [0, 0.05) is 5.25 Å². The molecule has 0 amide bonds. The molecule has 106 valence electrons. The number of unbranched alkanes of at least 4 members (excludes halogenated alkanes) is 2. The molecule has 1 aliphatic carbocycles. The van der Waals surface area contributed by atoms with Crippen molar-refractivity contribution in [3.05, 3.63) is 0 Å². The molecule has 1 fully saturated rings. The lowest BCUT2D eigenvalue weighted by Gasteiger charge is -2.25. The van der Waals surface area contributed by atoms with Gasteiger partial charge in [0.1, 0.15) is 5.54 Å². The van der Waals surface area contributed by atoms with Crippen LogP contribution in [0.4, 0.5) is 0 Å². The van der Waals surface area contributed by atoms with Gasteiger partial charge < -0.3 is 10.4 Å². The Morgan fingerprint density at radius 1 is 1.39 bits per heavy atom. The zero-order valence-electron chi connectivity index (χ0n) is 11.7. The third kappa shape index (κ3) is 4.47. The zero-order valence-corrected chi connectivity index (χ0v) is 12.5. The highest BCUT2D eigenvalue weighted by atomic mass is 32.2. The number of nitrogens with one attached hydrogen (secondary N) is 1. The lowest BCUT2D eigenvalue weighted by Crippen LogP contribution is -2.50. The summed E-state index contributed by atoms with van der Waals surface area (Å²) in [6, 6.07) is 0. The van der Waals surface area contributed by atoms with Crippen molar-refractivity contribution in [1.29, 1.82) is 0 Å². The van der Waals surface area contributed by atoms with Crippen LogP contribution in [0, 0.1) is 0 Å². The van der Waals surface area contributed by atoms with Crippen LogP contribution in [0.2, 0.25) is 0 Å². The van der Waals surface area contributed by atoms with E-state index in [0.717, 1.165) is 32.2 Å². The van der Waals surface area contributed by atoms with Gasteiger partial charge in [-0.25, -0.2) is 0 Å². The monoisotopic (exact) mass is 273 g/mol. The summed E-state index contributed by atoms with van der Waals surface area (Å²) in [5, 5.41) is 13.2. The van der Waals surface area contributed by atoms with E-state index in [0.29, 0.717) is 5.25 Å². The van der Waals surface area contributed by atoms with E-state index in [1.807, 2.05) is 11.8 Å². The van der Waals surface area contributed by atoms with Gasteiger partial charge in [-0.1, -0.05) is 26.7 Å². The summed E-state index contributed by atoms with van der Waals surface area (Å²) in [4.78, 5) is 11.5. The van der Waals surface area contributed by atoms with Gasteiger partial charge in [0.25, 0.3) is 0 Å². The minimum Gasteiger partial charge on any atom is -0.480 e. The number of rotatable bonds is 9. The van der Waals surface area contributed by atoms with Crippen LogP contribution in [0.3, 0.4) is 0 Å². The second-order valence-corrected chi connectivity index (χ2v) is 6.66. The fraction of sp³-hybridized carbons (Fsp3) is 0.929. The van der Waals surface area contributed by atoms with Gasteiger partial charge in [-0.2, -0.15) is 11.8 Å². The van der Waals surface area contributed by atoms with E-state index in [-0.39, 0.29) is 0 Å². The maximum Gasteiger partial charge on any atom is 0.323 e. The first-order valence-electron chi connectivity index (χ1n) is 7.24. The van der Waals surface area contributed by atoms with Gasteiger partial charge in [0.05, 0.1) is 0 Å². The van der Waals surface area contributed by atoms with Gasteiger partial charge in [-0.05, 0) is 44.4 Å². The summed E-state index contributed by atoms with van der Waals surface area (Å²) in [5.74, 6) is 0.523. The summed E-state index contributed by atoms with van der Waals surface area (Å²) in [6.45, 7) is 5.10. The molecule has 0 saturated heterocycles. The lowest BCUT2D eigenvalue weighted by molar-refractivity contribution is -0.144. The highest BCUT2D eigenvalue weighted by Crippen LogP contribution is 2.37. The third-order valence-corrected chi connectivity index (χ3v) is 5.09. The minimum absolute atomic E-state index is 0.530. The maximum absolute atomic E-state index is 11.5. The Morgan fingerprint density at radius 2 is 2.17 bits per heavy atom. The second kappa shape index (κ2) is 8.05. The van der Waals surface area contributed by atoms with Crippen LogP contribution in [-0.2, 0) is 4.79 Å². The number of hydrogen-bond donors (Lipinski definition) is 2. The molecule has 1 rings (SSSR count). The summed E-state index contributed by atoms with van der Waals surface area (Å²) in [5.41, 5.74) is -0.640. The predicted octanol–water partition coefficient (Wildman–Crippen LogP) is 3.29.